The minimum Gasteiger partial charge on any atom is -0.339 e. The molecule has 3 rings (SSSR count). The van der Waals surface area contributed by atoms with Gasteiger partial charge in [0.2, 0.25) is 5.91 Å². The number of amides is 1. The van der Waals surface area contributed by atoms with Crippen molar-refractivity contribution in [3.8, 4) is 0 Å². The van der Waals surface area contributed by atoms with Crippen LogP contribution in [0.5, 0.6) is 0 Å². The summed E-state index contributed by atoms with van der Waals surface area (Å²) in [6.07, 6.45) is 3.36. The number of thiophene rings is 1. The summed E-state index contributed by atoms with van der Waals surface area (Å²) < 4.78 is 2.35. The summed E-state index contributed by atoms with van der Waals surface area (Å²) in [5.41, 5.74) is 0.722. The van der Waals surface area contributed by atoms with Crippen LogP contribution in [0.25, 0.3) is 10.2 Å². The summed E-state index contributed by atoms with van der Waals surface area (Å²) in [4.78, 5) is 31.5. The highest BCUT2D eigenvalue weighted by atomic mass is 32.2. The number of carbonyl (C=O) groups is 1. The fourth-order valence-electron chi connectivity index (χ4n) is 2.99. The maximum atomic E-state index is 12.5. The fraction of sp³-hybridized carbons (Fsp3) is 0.562. The smallest absolute Gasteiger partial charge is 0.272 e. The van der Waals surface area contributed by atoms with Gasteiger partial charge >= 0.3 is 0 Å². The molecule has 0 spiro atoms. The maximum absolute atomic E-state index is 12.5. The summed E-state index contributed by atoms with van der Waals surface area (Å²) in [5, 5.41) is 2.52. The molecule has 0 saturated carbocycles. The Morgan fingerprint density at radius 1 is 1.48 bits per heavy atom. The van der Waals surface area contributed by atoms with E-state index in [4.69, 9.17) is 0 Å². The van der Waals surface area contributed by atoms with E-state index < -0.39 is 0 Å². The van der Waals surface area contributed by atoms with Gasteiger partial charge in [0.15, 0.2) is 5.16 Å². The number of carbonyl (C=O) groups excluding carboxylic acids is 1. The molecule has 0 aromatic carbocycles. The second-order valence-electron chi connectivity index (χ2n) is 5.80. The zero-order valence-electron chi connectivity index (χ0n) is 13.4. The molecule has 3 heterocycles. The van der Waals surface area contributed by atoms with Crippen LogP contribution >= 0.6 is 23.1 Å². The van der Waals surface area contributed by atoms with E-state index in [1.165, 1.54) is 29.5 Å². The minimum absolute atomic E-state index is 0.00575. The van der Waals surface area contributed by atoms with Crippen molar-refractivity contribution < 1.29 is 4.79 Å². The van der Waals surface area contributed by atoms with Gasteiger partial charge in [-0.25, -0.2) is 4.98 Å². The highest BCUT2D eigenvalue weighted by Crippen LogP contribution is 2.23. The highest BCUT2D eigenvalue weighted by Gasteiger charge is 2.23. The number of likely N-dealkylation sites (tertiary alicyclic amines) is 1. The molecule has 7 heteroatoms. The quantitative estimate of drug-likeness (QED) is 0.628. The maximum Gasteiger partial charge on any atom is 0.272 e. The monoisotopic (exact) mass is 351 g/mol. The number of piperidine rings is 1. The van der Waals surface area contributed by atoms with Crippen molar-refractivity contribution in [2.45, 2.75) is 50.9 Å². The van der Waals surface area contributed by atoms with Crippen LogP contribution in [-0.2, 0) is 11.3 Å². The van der Waals surface area contributed by atoms with Crippen LogP contribution < -0.4 is 5.56 Å². The number of rotatable bonds is 4. The van der Waals surface area contributed by atoms with Crippen molar-refractivity contribution in [1.29, 1.82) is 0 Å². The molecule has 124 valence electrons. The first-order valence-electron chi connectivity index (χ1n) is 8.02. The first-order valence-corrected chi connectivity index (χ1v) is 9.88. The Morgan fingerprint density at radius 2 is 2.30 bits per heavy atom. The number of hydrogen-bond acceptors (Lipinski definition) is 5. The Kier molecular flexibility index (Phi) is 5.06. The SMILES string of the molecule is CCn1c(SCC(=O)N2CCCC[C@@H]2C)nc2ccsc2c1=O. The predicted octanol–water partition coefficient (Wildman–Crippen LogP) is 2.97. The van der Waals surface area contributed by atoms with Gasteiger partial charge in [0.05, 0.1) is 11.3 Å². The second kappa shape index (κ2) is 7.05. The zero-order valence-corrected chi connectivity index (χ0v) is 15.1. The van der Waals surface area contributed by atoms with Crippen LogP contribution in [0, 0.1) is 0 Å². The van der Waals surface area contributed by atoms with Crippen LogP contribution in [0.1, 0.15) is 33.1 Å². The molecule has 1 aliphatic rings. The van der Waals surface area contributed by atoms with Gasteiger partial charge in [-0.3, -0.25) is 14.2 Å². The third kappa shape index (κ3) is 3.30. The van der Waals surface area contributed by atoms with Crippen LogP contribution in [0.2, 0.25) is 0 Å². The number of aromatic nitrogens is 2. The van der Waals surface area contributed by atoms with Crippen LogP contribution in [0.3, 0.4) is 0 Å². The molecule has 0 aliphatic carbocycles. The predicted molar refractivity (Wildman–Crippen MR) is 95.3 cm³/mol. The van der Waals surface area contributed by atoms with Crippen molar-refractivity contribution in [1.82, 2.24) is 14.5 Å². The lowest BCUT2D eigenvalue weighted by Crippen LogP contribution is -2.43. The minimum atomic E-state index is -0.00575. The van der Waals surface area contributed by atoms with E-state index in [0.717, 1.165) is 24.9 Å². The Labute approximate surface area is 143 Å². The molecule has 2 aromatic heterocycles. The van der Waals surface area contributed by atoms with E-state index in [1.54, 1.807) is 4.57 Å². The van der Waals surface area contributed by atoms with Gasteiger partial charge in [-0.05, 0) is 44.6 Å². The third-order valence-electron chi connectivity index (χ3n) is 4.30. The fourth-order valence-corrected chi connectivity index (χ4v) is 4.72. The molecular weight excluding hydrogens is 330 g/mol. The summed E-state index contributed by atoms with van der Waals surface area (Å²) >= 11 is 2.79. The van der Waals surface area contributed by atoms with Gasteiger partial charge in [0.25, 0.3) is 5.56 Å². The molecule has 1 saturated heterocycles. The number of hydrogen-bond donors (Lipinski definition) is 0. The first-order chi connectivity index (χ1) is 11.1. The van der Waals surface area contributed by atoms with Gasteiger partial charge < -0.3 is 4.90 Å². The molecule has 0 bridgehead atoms. The molecule has 1 amide bonds. The van der Waals surface area contributed by atoms with E-state index in [1.807, 2.05) is 23.3 Å². The Bertz CT molecular complexity index is 768. The lowest BCUT2D eigenvalue weighted by Gasteiger charge is -2.33. The molecule has 1 aliphatic heterocycles. The van der Waals surface area contributed by atoms with Gasteiger partial charge in [0.1, 0.15) is 4.70 Å². The largest absolute Gasteiger partial charge is 0.339 e. The molecule has 5 nitrogen and oxygen atoms in total. The topological polar surface area (TPSA) is 55.2 Å². The van der Waals surface area contributed by atoms with E-state index in [-0.39, 0.29) is 11.5 Å². The van der Waals surface area contributed by atoms with Crippen molar-refractivity contribution in [2.75, 3.05) is 12.3 Å². The summed E-state index contributed by atoms with van der Waals surface area (Å²) in [5.74, 6) is 0.483. The van der Waals surface area contributed by atoms with E-state index in [2.05, 4.69) is 11.9 Å². The Morgan fingerprint density at radius 3 is 3.04 bits per heavy atom. The average molecular weight is 351 g/mol. The van der Waals surface area contributed by atoms with Crippen LogP contribution in [0.15, 0.2) is 21.4 Å². The molecule has 2 aromatic rings. The van der Waals surface area contributed by atoms with E-state index >= 15 is 0 Å². The molecule has 1 atom stereocenters. The normalized spacial score (nSPS) is 18.5. The van der Waals surface area contributed by atoms with Crippen LogP contribution in [0.4, 0.5) is 0 Å². The van der Waals surface area contributed by atoms with Crippen molar-refractivity contribution in [2.24, 2.45) is 0 Å². The van der Waals surface area contributed by atoms with Crippen molar-refractivity contribution >= 4 is 39.2 Å². The Balaban J connectivity index is 1.78. The zero-order chi connectivity index (χ0) is 16.4. The van der Waals surface area contributed by atoms with E-state index in [9.17, 15) is 9.59 Å². The van der Waals surface area contributed by atoms with Crippen molar-refractivity contribution in [3.05, 3.63) is 21.8 Å². The number of nitrogens with zero attached hydrogens (tertiary/aromatic N) is 3. The summed E-state index contributed by atoms with van der Waals surface area (Å²) in [6, 6.07) is 2.18. The number of fused-ring (bicyclic) bond motifs is 1. The molecule has 0 radical (unpaired) electrons. The van der Waals surface area contributed by atoms with Gasteiger partial charge in [0, 0.05) is 19.1 Å². The van der Waals surface area contributed by atoms with Gasteiger partial charge in [-0.2, -0.15) is 0 Å². The lowest BCUT2D eigenvalue weighted by molar-refractivity contribution is -0.131. The lowest BCUT2D eigenvalue weighted by atomic mass is 10.0. The summed E-state index contributed by atoms with van der Waals surface area (Å²) in [7, 11) is 0. The first kappa shape index (κ1) is 16.5. The van der Waals surface area contributed by atoms with E-state index in [0.29, 0.717) is 28.2 Å². The molecule has 23 heavy (non-hydrogen) atoms. The highest BCUT2D eigenvalue weighted by molar-refractivity contribution is 7.99. The number of thioether (sulfide) groups is 1. The van der Waals surface area contributed by atoms with Gasteiger partial charge in [-0.15, -0.1) is 11.3 Å². The standard InChI is InChI=1S/C16H21N3O2S2/c1-3-18-15(21)14-12(7-9-22-14)17-16(18)23-10-13(20)19-8-5-4-6-11(19)2/h7,9,11H,3-6,8,10H2,1-2H3/t11-/m0/s1. The average Bonchev–Trinajstić information content (AvgIpc) is 3.02. The molecular formula is C16H21N3O2S2. The second-order valence-corrected chi connectivity index (χ2v) is 7.66. The third-order valence-corrected chi connectivity index (χ3v) is 6.15. The van der Waals surface area contributed by atoms with Crippen molar-refractivity contribution in [3.63, 3.8) is 0 Å². The molecule has 0 unspecified atom stereocenters. The molecule has 0 N–H and O–H groups in total. The Hall–Kier alpha value is -1.34. The van der Waals surface area contributed by atoms with Crippen LogP contribution in [-0.4, -0.2) is 38.7 Å². The van der Waals surface area contributed by atoms with Gasteiger partial charge in [-0.1, -0.05) is 11.8 Å². The summed E-state index contributed by atoms with van der Waals surface area (Å²) in [6.45, 7) is 5.45. The molecule has 1 fully saturated rings.